The highest BCUT2D eigenvalue weighted by Crippen LogP contribution is 2.05. The maximum atomic E-state index is 11.6. The highest BCUT2D eigenvalue weighted by molar-refractivity contribution is 5.72. The molecular weight excluding hydrogens is 252 g/mol. The number of hydrogen-bond acceptors (Lipinski definition) is 2. The van der Waals surface area contributed by atoms with E-state index in [2.05, 4.69) is 10.8 Å². The first-order valence-corrected chi connectivity index (χ1v) is 6.50. The number of hydroxylamine groups is 1. The fourth-order valence-electron chi connectivity index (χ4n) is 1.78. The Bertz CT molecular complexity index is 555. The predicted molar refractivity (Wildman–Crippen MR) is 77.8 cm³/mol. The van der Waals surface area contributed by atoms with E-state index in [4.69, 9.17) is 4.84 Å². The summed E-state index contributed by atoms with van der Waals surface area (Å²) >= 11 is 0. The van der Waals surface area contributed by atoms with Crippen LogP contribution in [-0.4, -0.2) is 6.03 Å². The molecule has 0 saturated carbocycles. The van der Waals surface area contributed by atoms with Gasteiger partial charge in [-0.2, -0.15) is 0 Å². The smallest absolute Gasteiger partial charge is 0.332 e. The molecule has 2 aromatic rings. The summed E-state index contributed by atoms with van der Waals surface area (Å²) in [5.74, 6) is 0. The van der Waals surface area contributed by atoms with E-state index in [9.17, 15) is 4.79 Å². The molecule has 0 radical (unpaired) electrons. The third-order valence-corrected chi connectivity index (χ3v) is 2.95. The largest absolute Gasteiger partial charge is 0.338 e. The number of benzene rings is 2. The molecule has 2 aromatic carbocycles. The number of nitrogens with one attached hydrogen (secondary N) is 2. The number of amides is 2. The van der Waals surface area contributed by atoms with Crippen LogP contribution in [0.15, 0.2) is 54.6 Å². The average molecular weight is 270 g/mol. The molecule has 2 amide bonds. The molecule has 0 bridgehead atoms. The van der Waals surface area contributed by atoms with Gasteiger partial charge in [-0.15, -0.1) is 0 Å². The highest BCUT2D eigenvalue weighted by atomic mass is 16.7. The van der Waals surface area contributed by atoms with Crippen LogP contribution in [0.5, 0.6) is 0 Å². The first kappa shape index (κ1) is 14.1. The van der Waals surface area contributed by atoms with Crippen LogP contribution in [-0.2, 0) is 18.0 Å². The van der Waals surface area contributed by atoms with E-state index in [1.165, 1.54) is 0 Å². The van der Waals surface area contributed by atoms with Crippen molar-refractivity contribution in [1.29, 1.82) is 0 Å². The lowest BCUT2D eigenvalue weighted by molar-refractivity contribution is 0.0489. The Morgan fingerprint density at radius 1 is 1.05 bits per heavy atom. The van der Waals surface area contributed by atoms with E-state index in [1.54, 1.807) is 0 Å². The standard InChI is InChI=1S/C16H18N2O2/c1-13-7-5-6-10-15(13)11-17-16(19)18-20-12-14-8-3-2-4-9-14/h2-10H,11-12H2,1H3,(H2,17,18,19). The van der Waals surface area contributed by atoms with Crippen LogP contribution >= 0.6 is 0 Å². The van der Waals surface area contributed by atoms with Crippen LogP contribution in [0, 0.1) is 6.92 Å². The number of carbonyl (C=O) groups is 1. The molecule has 0 aromatic heterocycles. The minimum Gasteiger partial charge on any atom is -0.332 e. The second kappa shape index (κ2) is 7.31. The summed E-state index contributed by atoms with van der Waals surface area (Å²) in [7, 11) is 0. The quantitative estimate of drug-likeness (QED) is 0.821. The van der Waals surface area contributed by atoms with Gasteiger partial charge in [0.15, 0.2) is 0 Å². The van der Waals surface area contributed by atoms with Gasteiger partial charge in [0, 0.05) is 6.54 Å². The molecule has 104 valence electrons. The van der Waals surface area contributed by atoms with Crippen LogP contribution in [0.2, 0.25) is 0 Å². The number of rotatable bonds is 5. The molecule has 2 N–H and O–H groups in total. The van der Waals surface area contributed by atoms with Crippen molar-refractivity contribution in [3.8, 4) is 0 Å². The number of carbonyl (C=O) groups excluding carboxylic acids is 1. The van der Waals surface area contributed by atoms with Gasteiger partial charge < -0.3 is 5.32 Å². The molecule has 0 saturated heterocycles. The van der Waals surface area contributed by atoms with Gasteiger partial charge >= 0.3 is 6.03 Å². The Balaban J connectivity index is 1.70. The molecule has 0 spiro atoms. The van der Waals surface area contributed by atoms with Gasteiger partial charge in [-0.25, -0.2) is 10.3 Å². The van der Waals surface area contributed by atoms with Gasteiger partial charge in [0.1, 0.15) is 0 Å². The highest BCUT2D eigenvalue weighted by Gasteiger charge is 2.02. The minimum absolute atomic E-state index is 0.343. The summed E-state index contributed by atoms with van der Waals surface area (Å²) in [6.45, 7) is 2.84. The van der Waals surface area contributed by atoms with Gasteiger partial charge in [-0.05, 0) is 23.6 Å². The van der Waals surface area contributed by atoms with E-state index in [1.807, 2.05) is 61.5 Å². The molecule has 20 heavy (non-hydrogen) atoms. The van der Waals surface area contributed by atoms with Crippen molar-refractivity contribution >= 4 is 6.03 Å². The molecule has 0 aliphatic heterocycles. The second-order valence-electron chi connectivity index (χ2n) is 4.49. The molecule has 0 unspecified atom stereocenters. The molecule has 0 heterocycles. The number of hydrogen-bond donors (Lipinski definition) is 2. The Morgan fingerprint density at radius 2 is 1.75 bits per heavy atom. The van der Waals surface area contributed by atoms with Crippen molar-refractivity contribution in [2.24, 2.45) is 0 Å². The van der Waals surface area contributed by atoms with Crippen LogP contribution < -0.4 is 10.8 Å². The Kier molecular flexibility index (Phi) is 5.15. The van der Waals surface area contributed by atoms with Crippen molar-refractivity contribution in [2.75, 3.05) is 0 Å². The van der Waals surface area contributed by atoms with Gasteiger partial charge in [-0.1, -0.05) is 54.6 Å². The molecule has 0 aliphatic carbocycles. The van der Waals surface area contributed by atoms with Crippen molar-refractivity contribution < 1.29 is 9.63 Å². The monoisotopic (exact) mass is 270 g/mol. The van der Waals surface area contributed by atoms with Crippen LogP contribution in [0.3, 0.4) is 0 Å². The Hall–Kier alpha value is -2.33. The molecule has 0 aliphatic rings. The lowest BCUT2D eigenvalue weighted by Gasteiger charge is -2.09. The van der Waals surface area contributed by atoms with Crippen molar-refractivity contribution in [3.63, 3.8) is 0 Å². The van der Waals surface area contributed by atoms with Crippen LogP contribution in [0.4, 0.5) is 4.79 Å². The van der Waals surface area contributed by atoms with Gasteiger partial charge in [0.25, 0.3) is 0 Å². The normalized spacial score (nSPS) is 10.1. The van der Waals surface area contributed by atoms with Crippen LogP contribution in [0.1, 0.15) is 16.7 Å². The zero-order valence-corrected chi connectivity index (χ0v) is 11.4. The van der Waals surface area contributed by atoms with Crippen molar-refractivity contribution in [3.05, 3.63) is 71.3 Å². The van der Waals surface area contributed by atoms with E-state index in [0.29, 0.717) is 13.2 Å². The van der Waals surface area contributed by atoms with Crippen LogP contribution in [0.25, 0.3) is 0 Å². The SMILES string of the molecule is Cc1ccccc1CNC(=O)NOCc1ccccc1. The summed E-state index contributed by atoms with van der Waals surface area (Å²) in [4.78, 5) is 16.7. The first-order valence-electron chi connectivity index (χ1n) is 6.50. The first-order chi connectivity index (χ1) is 9.75. The zero-order chi connectivity index (χ0) is 14.2. The van der Waals surface area contributed by atoms with E-state index in [0.717, 1.165) is 16.7 Å². The van der Waals surface area contributed by atoms with Crippen molar-refractivity contribution in [2.45, 2.75) is 20.1 Å². The molecule has 2 rings (SSSR count). The van der Waals surface area contributed by atoms with E-state index < -0.39 is 0 Å². The van der Waals surface area contributed by atoms with Gasteiger partial charge in [-0.3, -0.25) is 4.84 Å². The molecule has 4 nitrogen and oxygen atoms in total. The van der Waals surface area contributed by atoms with Gasteiger partial charge in [0.2, 0.25) is 0 Å². The van der Waals surface area contributed by atoms with Crippen molar-refractivity contribution in [1.82, 2.24) is 10.8 Å². The molecule has 4 heteroatoms. The maximum Gasteiger partial charge on any atom is 0.338 e. The Labute approximate surface area is 118 Å². The van der Waals surface area contributed by atoms with E-state index in [-0.39, 0.29) is 6.03 Å². The van der Waals surface area contributed by atoms with Gasteiger partial charge in [0.05, 0.1) is 6.61 Å². The second-order valence-corrected chi connectivity index (χ2v) is 4.49. The average Bonchev–Trinajstić information content (AvgIpc) is 2.47. The predicted octanol–water partition coefficient (Wildman–Crippen LogP) is 2.93. The third kappa shape index (κ3) is 4.40. The lowest BCUT2D eigenvalue weighted by atomic mass is 10.1. The number of aryl methyl sites for hydroxylation is 1. The summed E-state index contributed by atoms with van der Waals surface area (Å²) in [6.07, 6.45) is 0. The fourth-order valence-corrected chi connectivity index (χ4v) is 1.78. The summed E-state index contributed by atoms with van der Waals surface area (Å²) in [5, 5.41) is 2.75. The summed E-state index contributed by atoms with van der Waals surface area (Å²) < 4.78 is 0. The molecular formula is C16H18N2O2. The maximum absolute atomic E-state index is 11.6. The third-order valence-electron chi connectivity index (χ3n) is 2.95. The van der Waals surface area contributed by atoms with E-state index >= 15 is 0 Å². The topological polar surface area (TPSA) is 50.4 Å². The Morgan fingerprint density at radius 3 is 2.50 bits per heavy atom. The summed E-state index contributed by atoms with van der Waals surface area (Å²) in [5.41, 5.74) is 5.62. The molecule has 0 fully saturated rings. The zero-order valence-electron chi connectivity index (χ0n) is 11.4. The summed E-state index contributed by atoms with van der Waals surface area (Å²) in [6, 6.07) is 17.3. The minimum atomic E-state index is -0.343. The number of urea groups is 1. The molecule has 0 atom stereocenters. The fraction of sp³-hybridized carbons (Fsp3) is 0.188. The lowest BCUT2D eigenvalue weighted by Crippen LogP contribution is -2.35.